The number of aliphatic carboxylic acids is 1. The van der Waals surface area contributed by atoms with Crippen LogP contribution in [0.5, 0.6) is 5.75 Å². The third-order valence-electron chi connectivity index (χ3n) is 2.10. The molecule has 0 fully saturated rings. The normalized spacial score (nSPS) is 13.2. The summed E-state index contributed by atoms with van der Waals surface area (Å²) in [5, 5.41) is 11.1. The fourth-order valence-electron chi connectivity index (χ4n) is 1.49. The molecule has 1 amide bonds. The van der Waals surface area contributed by atoms with E-state index in [4.69, 9.17) is 9.84 Å². The Morgan fingerprint density at radius 3 is 3.07 bits per heavy atom. The lowest BCUT2D eigenvalue weighted by Gasteiger charge is -2.07. The third-order valence-corrected chi connectivity index (χ3v) is 2.10. The van der Waals surface area contributed by atoms with Crippen LogP contribution in [0, 0.1) is 0 Å². The molecule has 2 rings (SSSR count). The fourth-order valence-corrected chi connectivity index (χ4v) is 1.49. The van der Waals surface area contributed by atoms with Crippen molar-refractivity contribution < 1.29 is 19.4 Å². The van der Waals surface area contributed by atoms with Crippen molar-refractivity contribution in [2.24, 2.45) is 0 Å². The fraction of sp³-hybridized carbons (Fsp3) is 0.200. The zero-order valence-corrected chi connectivity index (χ0v) is 7.82. The lowest BCUT2D eigenvalue weighted by Crippen LogP contribution is -2.10. The Bertz CT molecular complexity index is 427. The van der Waals surface area contributed by atoms with Crippen LogP contribution in [0.3, 0.4) is 0 Å². The first-order valence-electron chi connectivity index (χ1n) is 4.43. The van der Waals surface area contributed by atoms with E-state index in [2.05, 4.69) is 5.32 Å². The first-order valence-corrected chi connectivity index (χ1v) is 4.43. The van der Waals surface area contributed by atoms with Crippen LogP contribution in [0.1, 0.15) is 5.56 Å². The van der Waals surface area contributed by atoms with Crippen molar-refractivity contribution >= 4 is 17.6 Å². The number of fused-ring (bicyclic) bond motifs is 1. The van der Waals surface area contributed by atoms with Gasteiger partial charge in [-0.1, -0.05) is 6.07 Å². The van der Waals surface area contributed by atoms with E-state index in [1.807, 2.05) is 0 Å². The molecule has 0 spiro atoms. The van der Waals surface area contributed by atoms with E-state index < -0.39 is 12.6 Å². The van der Waals surface area contributed by atoms with Gasteiger partial charge < -0.3 is 15.2 Å². The standard InChI is InChI=1S/C10H9NO4/c12-9-4-6-7(11-9)2-1-3-8(6)15-5-10(13)14/h1-3H,4-5H2,(H,11,12)(H,13,14). The Kier molecular flexibility index (Phi) is 2.29. The smallest absolute Gasteiger partial charge is 0.341 e. The maximum absolute atomic E-state index is 11.1. The second-order valence-electron chi connectivity index (χ2n) is 3.19. The molecule has 1 heterocycles. The van der Waals surface area contributed by atoms with Gasteiger partial charge in [0.25, 0.3) is 0 Å². The molecule has 0 radical (unpaired) electrons. The SMILES string of the molecule is O=C(O)COc1cccc2c1CC(=O)N2. The molecule has 0 saturated carbocycles. The Hall–Kier alpha value is -2.04. The topological polar surface area (TPSA) is 75.6 Å². The van der Waals surface area contributed by atoms with Gasteiger partial charge in [0.2, 0.25) is 5.91 Å². The first kappa shape index (κ1) is 9.51. The zero-order chi connectivity index (χ0) is 10.8. The van der Waals surface area contributed by atoms with Crippen LogP contribution in [0.15, 0.2) is 18.2 Å². The molecule has 5 nitrogen and oxygen atoms in total. The van der Waals surface area contributed by atoms with Crippen LogP contribution < -0.4 is 10.1 Å². The van der Waals surface area contributed by atoms with Crippen molar-refractivity contribution in [3.05, 3.63) is 23.8 Å². The van der Waals surface area contributed by atoms with Gasteiger partial charge in [0.1, 0.15) is 5.75 Å². The maximum atomic E-state index is 11.1. The van der Waals surface area contributed by atoms with E-state index in [1.165, 1.54) is 0 Å². The largest absolute Gasteiger partial charge is 0.482 e. The van der Waals surface area contributed by atoms with Gasteiger partial charge in [-0.05, 0) is 12.1 Å². The highest BCUT2D eigenvalue weighted by Gasteiger charge is 2.21. The number of carboxylic acid groups (broad SMARTS) is 1. The summed E-state index contributed by atoms with van der Waals surface area (Å²) in [6.45, 7) is -0.398. The molecule has 0 aromatic heterocycles. The van der Waals surface area contributed by atoms with Crippen LogP contribution >= 0.6 is 0 Å². The van der Waals surface area contributed by atoms with Crippen LogP contribution in [0.25, 0.3) is 0 Å². The summed E-state index contributed by atoms with van der Waals surface area (Å²) in [5.74, 6) is -0.686. The van der Waals surface area contributed by atoms with E-state index in [0.29, 0.717) is 11.4 Å². The zero-order valence-electron chi connectivity index (χ0n) is 7.82. The summed E-state index contributed by atoms with van der Waals surface area (Å²) in [5.41, 5.74) is 1.42. The van der Waals surface area contributed by atoms with E-state index in [0.717, 1.165) is 5.56 Å². The van der Waals surface area contributed by atoms with Crippen molar-refractivity contribution in [3.63, 3.8) is 0 Å². The summed E-state index contributed by atoms with van der Waals surface area (Å²) in [6.07, 6.45) is 0.241. The highest BCUT2D eigenvalue weighted by molar-refractivity contribution is 6.00. The van der Waals surface area contributed by atoms with E-state index in [9.17, 15) is 9.59 Å². The molecular formula is C10H9NO4. The number of anilines is 1. The summed E-state index contributed by atoms with van der Waals surface area (Å²) in [4.78, 5) is 21.4. The summed E-state index contributed by atoms with van der Waals surface area (Å²) >= 11 is 0. The molecular weight excluding hydrogens is 198 g/mol. The minimum atomic E-state index is -1.04. The lowest BCUT2D eigenvalue weighted by molar-refractivity contribution is -0.139. The minimum Gasteiger partial charge on any atom is -0.482 e. The van der Waals surface area contributed by atoms with Crippen LogP contribution in [-0.2, 0) is 16.0 Å². The Labute approximate surface area is 85.7 Å². The van der Waals surface area contributed by atoms with Gasteiger partial charge in [-0.25, -0.2) is 4.79 Å². The van der Waals surface area contributed by atoms with E-state index in [-0.39, 0.29) is 12.3 Å². The van der Waals surface area contributed by atoms with Crippen molar-refractivity contribution in [2.45, 2.75) is 6.42 Å². The first-order chi connectivity index (χ1) is 7.16. The number of carbonyl (C=O) groups is 2. The van der Waals surface area contributed by atoms with E-state index >= 15 is 0 Å². The molecule has 1 aliphatic rings. The number of hydrogen-bond donors (Lipinski definition) is 2. The molecule has 1 aromatic rings. The molecule has 0 saturated heterocycles. The molecule has 1 aromatic carbocycles. The summed E-state index contributed by atoms with van der Waals surface area (Å²) in [7, 11) is 0. The van der Waals surface area contributed by atoms with Gasteiger partial charge in [0, 0.05) is 11.3 Å². The molecule has 0 aliphatic carbocycles. The minimum absolute atomic E-state index is 0.101. The average Bonchev–Trinajstić information content (AvgIpc) is 2.55. The number of benzene rings is 1. The van der Waals surface area contributed by atoms with Crippen molar-refractivity contribution in [3.8, 4) is 5.75 Å². The van der Waals surface area contributed by atoms with Gasteiger partial charge in [-0.3, -0.25) is 4.79 Å². The number of ether oxygens (including phenoxy) is 1. The summed E-state index contributed by atoms with van der Waals surface area (Å²) < 4.78 is 5.07. The van der Waals surface area contributed by atoms with Gasteiger partial charge in [0.15, 0.2) is 6.61 Å². The van der Waals surface area contributed by atoms with Gasteiger partial charge in [-0.15, -0.1) is 0 Å². The number of carbonyl (C=O) groups excluding carboxylic acids is 1. The van der Waals surface area contributed by atoms with Gasteiger partial charge in [-0.2, -0.15) is 0 Å². The summed E-state index contributed by atoms with van der Waals surface area (Å²) in [6, 6.07) is 5.12. The quantitative estimate of drug-likeness (QED) is 0.762. The molecule has 2 N–H and O–H groups in total. The van der Waals surface area contributed by atoms with Gasteiger partial charge in [0.05, 0.1) is 6.42 Å². The number of nitrogens with one attached hydrogen (secondary N) is 1. The van der Waals surface area contributed by atoms with Crippen molar-refractivity contribution in [2.75, 3.05) is 11.9 Å². The second kappa shape index (κ2) is 3.61. The van der Waals surface area contributed by atoms with E-state index in [1.54, 1.807) is 18.2 Å². The Balaban J connectivity index is 2.22. The predicted octanol–water partition coefficient (Wildman–Crippen LogP) is 0.645. The Morgan fingerprint density at radius 2 is 2.33 bits per heavy atom. The van der Waals surface area contributed by atoms with Crippen LogP contribution in [0.2, 0.25) is 0 Å². The average molecular weight is 207 g/mol. The van der Waals surface area contributed by atoms with Gasteiger partial charge >= 0.3 is 5.97 Å². The number of amides is 1. The maximum Gasteiger partial charge on any atom is 0.341 e. The number of rotatable bonds is 3. The Morgan fingerprint density at radius 1 is 1.53 bits per heavy atom. The highest BCUT2D eigenvalue weighted by atomic mass is 16.5. The second-order valence-corrected chi connectivity index (χ2v) is 3.19. The molecule has 0 atom stereocenters. The van der Waals surface area contributed by atoms with Crippen LogP contribution in [0.4, 0.5) is 5.69 Å². The molecule has 15 heavy (non-hydrogen) atoms. The molecule has 0 bridgehead atoms. The van der Waals surface area contributed by atoms with Crippen molar-refractivity contribution in [1.82, 2.24) is 0 Å². The highest BCUT2D eigenvalue weighted by Crippen LogP contribution is 2.31. The predicted molar refractivity (Wildman–Crippen MR) is 51.9 cm³/mol. The number of carboxylic acids is 1. The van der Waals surface area contributed by atoms with Crippen LogP contribution in [-0.4, -0.2) is 23.6 Å². The van der Waals surface area contributed by atoms with Crippen molar-refractivity contribution in [1.29, 1.82) is 0 Å². The monoisotopic (exact) mass is 207 g/mol. The molecule has 1 aliphatic heterocycles. The third kappa shape index (κ3) is 1.90. The number of hydrogen-bond acceptors (Lipinski definition) is 3. The molecule has 78 valence electrons. The molecule has 5 heteroatoms. The lowest BCUT2D eigenvalue weighted by atomic mass is 10.1. The molecule has 0 unspecified atom stereocenters.